The lowest BCUT2D eigenvalue weighted by Crippen LogP contribution is -2.11. The van der Waals surface area contributed by atoms with Crippen LogP contribution in [-0.2, 0) is 5.75 Å². The standard InChI is InChI=1S/C17H15N5S/c1-12-5-7-15(8-6-12)16-20-21-17(22(16)19)23-11-14-4-2-3-13(9-14)10-18/h2-9H,11,19H2,1H3. The molecule has 2 N–H and O–H groups in total. The predicted molar refractivity (Wildman–Crippen MR) is 91.1 cm³/mol. The van der Waals surface area contributed by atoms with Gasteiger partial charge in [-0.05, 0) is 24.6 Å². The zero-order valence-corrected chi connectivity index (χ0v) is 13.4. The maximum Gasteiger partial charge on any atom is 0.210 e. The van der Waals surface area contributed by atoms with Crippen LogP contribution in [0.15, 0.2) is 53.7 Å². The number of aryl methyl sites for hydroxylation is 1. The summed E-state index contributed by atoms with van der Waals surface area (Å²) in [6.07, 6.45) is 0. The maximum atomic E-state index is 8.94. The lowest BCUT2D eigenvalue weighted by molar-refractivity contribution is 0.849. The molecule has 0 aliphatic heterocycles. The first-order valence-electron chi connectivity index (χ1n) is 7.07. The topological polar surface area (TPSA) is 80.5 Å². The number of nitrogen functional groups attached to an aromatic ring is 1. The van der Waals surface area contributed by atoms with Crippen LogP contribution in [0.4, 0.5) is 0 Å². The van der Waals surface area contributed by atoms with Crippen LogP contribution in [0.1, 0.15) is 16.7 Å². The minimum Gasteiger partial charge on any atom is -0.335 e. The first kappa shape index (κ1) is 15.1. The summed E-state index contributed by atoms with van der Waals surface area (Å²) in [4.78, 5) is 0. The molecule has 0 bridgehead atoms. The Labute approximate surface area is 138 Å². The molecule has 2 aromatic carbocycles. The zero-order valence-electron chi connectivity index (χ0n) is 12.6. The van der Waals surface area contributed by atoms with Crippen molar-refractivity contribution in [1.82, 2.24) is 14.9 Å². The van der Waals surface area contributed by atoms with Crippen LogP contribution >= 0.6 is 11.8 Å². The highest BCUT2D eigenvalue weighted by Crippen LogP contribution is 2.24. The average molecular weight is 321 g/mol. The smallest absolute Gasteiger partial charge is 0.210 e. The fourth-order valence-electron chi connectivity index (χ4n) is 2.15. The highest BCUT2D eigenvalue weighted by atomic mass is 32.2. The first-order chi connectivity index (χ1) is 11.2. The van der Waals surface area contributed by atoms with Crippen molar-refractivity contribution in [2.24, 2.45) is 0 Å². The van der Waals surface area contributed by atoms with Gasteiger partial charge in [-0.3, -0.25) is 0 Å². The van der Waals surface area contributed by atoms with Crippen molar-refractivity contribution in [3.05, 3.63) is 65.2 Å². The Hall–Kier alpha value is -2.78. The molecule has 1 heterocycles. The average Bonchev–Trinajstić information content (AvgIpc) is 2.95. The molecule has 0 saturated carbocycles. The van der Waals surface area contributed by atoms with Gasteiger partial charge in [0.05, 0.1) is 11.6 Å². The number of hydrogen-bond donors (Lipinski definition) is 1. The van der Waals surface area contributed by atoms with E-state index < -0.39 is 0 Å². The molecular weight excluding hydrogens is 306 g/mol. The van der Waals surface area contributed by atoms with Crippen molar-refractivity contribution < 1.29 is 0 Å². The van der Waals surface area contributed by atoms with Gasteiger partial charge in [-0.2, -0.15) is 5.26 Å². The summed E-state index contributed by atoms with van der Waals surface area (Å²) in [6, 6.07) is 17.6. The molecule has 0 spiro atoms. The van der Waals surface area contributed by atoms with Crippen molar-refractivity contribution in [1.29, 1.82) is 5.26 Å². The predicted octanol–water partition coefficient (Wildman–Crippen LogP) is 3.13. The van der Waals surface area contributed by atoms with Crippen molar-refractivity contribution in [2.45, 2.75) is 17.8 Å². The van der Waals surface area contributed by atoms with Crippen molar-refractivity contribution in [3.8, 4) is 17.5 Å². The Bertz CT molecular complexity index is 861. The van der Waals surface area contributed by atoms with Gasteiger partial charge in [0.2, 0.25) is 5.16 Å². The van der Waals surface area contributed by atoms with E-state index in [1.807, 2.05) is 49.4 Å². The van der Waals surface area contributed by atoms with E-state index >= 15 is 0 Å². The largest absolute Gasteiger partial charge is 0.335 e. The highest BCUT2D eigenvalue weighted by molar-refractivity contribution is 7.98. The zero-order chi connectivity index (χ0) is 16.2. The quantitative estimate of drug-likeness (QED) is 0.590. The Morgan fingerprint density at radius 2 is 1.96 bits per heavy atom. The molecular formula is C17H15N5S. The number of hydrogen-bond acceptors (Lipinski definition) is 5. The summed E-state index contributed by atoms with van der Waals surface area (Å²) in [5.74, 6) is 7.43. The summed E-state index contributed by atoms with van der Waals surface area (Å²) in [5, 5.41) is 17.9. The Kier molecular flexibility index (Phi) is 4.31. The van der Waals surface area contributed by atoms with Crippen LogP contribution in [-0.4, -0.2) is 14.9 Å². The summed E-state index contributed by atoms with van der Waals surface area (Å²) >= 11 is 1.49. The van der Waals surface area contributed by atoms with Gasteiger partial charge in [0.1, 0.15) is 0 Å². The van der Waals surface area contributed by atoms with E-state index in [-0.39, 0.29) is 0 Å². The number of nitriles is 1. The fraction of sp³-hybridized carbons (Fsp3) is 0.118. The molecule has 0 aliphatic rings. The van der Waals surface area contributed by atoms with Crippen molar-refractivity contribution in [2.75, 3.05) is 5.84 Å². The van der Waals surface area contributed by atoms with Crippen LogP contribution in [0.3, 0.4) is 0 Å². The van der Waals surface area contributed by atoms with E-state index in [4.69, 9.17) is 11.1 Å². The summed E-state index contributed by atoms with van der Waals surface area (Å²) in [5.41, 5.74) is 3.82. The van der Waals surface area contributed by atoms with E-state index in [1.54, 1.807) is 6.07 Å². The van der Waals surface area contributed by atoms with Gasteiger partial charge in [0.15, 0.2) is 5.82 Å². The second-order valence-electron chi connectivity index (χ2n) is 5.14. The normalized spacial score (nSPS) is 10.4. The molecule has 0 unspecified atom stereocenters. The van der Waals surface area contributed by atoms with Gasteiger partial charge in [0.25, 0.3) is 0 Å². The van der Waals surface area contributed by atoms with E-state index in [2.05, 4.69) is 16.3 Å². The fourth-order valence-corrected chi connectivity index (χ4v) is 2.95. The van der Waals surface area contributed by atoms with Crippen LogP contribution in [0.5, 0.6) is 0 Å². The molecule has 0 atom stereocenters. The monoisotopic (exact) mass is 321 g/mol. The Balaban J connectivity index is 1.77. The number of nitrogens with two attached hydrogens (primary N) is 1. The van der Waals surface area contributed by atoms with Crippen molar-refractivity contribution >= 4 is 11.8 Å². The highest BCUT2D eigenvalue weighted by Gasteiger charge is 2.12. The molecule has 0 fully saturated rings. The van der Waals surface area contributed by atoms with Gasteiger partial charge in [-0.1, -0.05) is 53.7 Å². The van der Waals surface area contributed by atoms with E-state index in [9.17, 15) is 0 Å². The third-order valence-electron chi connectivity index (χ3n) is 3.40. The number of aromatic nitrogens is 3. The maximum absolute atomic E-state index is 8.94. The molecule has 0 amide bonds. The van der Waals surface area contributed by atoms with Crippen LogP contribution in [0.2, 0.25) is 0 Å². The van der Waals surface area contributed by atoms with E-state index in [0.29, 0.717) is 22.3 Å². The number of benzene rings is 2. The third kappa shape index (κ3) is 3.35. The first-order valence-corrected chi connectivity index (χ1v) is 8.05. The van der Waals surface area contributed by atoms with Gasteiger partial charge < -0.3 is 5.84 Å². The minimum atomic E-state index is 0.637. The Morgan fingerprint density at radius 1 is 1.17 bits per heavy atom. The van der Waals surface area contributed by atoms with Crippen LogP contribution < -0.4 is 5.84 Å². The second kappa shape index (κ2) is 6.55. The lowest BCUT2D eigenvalue weighted by Gasteiger charge is -2.04. The van der Waals surface area contributed by atoms with Gasteiger partial charge >= 0.3 is 0 Å². The molecule has 3 aromatic rings. The molecule has 0 saturated heterocycles. The molecule has 1 aromatic heterocycles. The summed E-state index contributed by atoms with van der Waals surface area (Å²) in [7, 11) is 0. The molecule has 23 heavy (non-hydrogen) atoms. The Morgan fingerprint density at radius 3 is 2.70 bits per heavy atom. The van der Waals surface area contributed by atoms with Crippen LogP contribution in [0, 0.1) is 18.3 Å². The molecule has 3 rings (SSSR count). The second-order valence-corrected chi connectivity index (χ2v) is 6.09. The van der Waals surface area contributed by atoms with Crippen molar-refractivity contribution in [3.63, 3.8) is 0 Å². The summed E-state index contributed by atoms with van der Waals surface area (Å²) in [6.45, 7) is 2.04. The summed E-state index contributed by atoms with van der Waals surface area (Å²) < 4.78 is 1.50. The number of thioether (sulfide) groups is 1. The molecule has 114 valence electrons. The minimum absolute atomic E-state index is 0.637. The molecule has 0 aliphatic carbocycles. The number of rotatable bonds is 4. The number of nitrogens with zero attached hydrogens (tertiary/aromatic N) is 4. The van der Waals surface area contributed by atoms with E-state index in [0.717, 1.165) is 11.1 Å². The van der Waals surface area contributed by atoms with Gasteiger partial charge in [-0.25, -0.2) is 4.68 Å². The van der Waals surface area contributed by atoms with Crippen LogP contribution in [0.25, 0.3) is 11.4 Å². The van der Waals surface area contributed by atoms with E-state index in [1.165, 1.54) is 22.0 Å². The van der Waals surface area contributed by atoms with Gasteiger partial charge in [-0.15, -0.1) is 10.2 Å². The van der Waals surface area contributed by atoms with Gasteiger partial charge in [0, 0.05) is 11.3 Å². The third-order valence-corrected chi connectivity index (χ3v) is 4.41. The SMILES string of the molecule is Cc1ccc(-c2nnc(SCc3cccc(C#N)c3)n2N)cc1. The molecule has 5 nitrogen and oxygen atoms in total. The molecule has 6 heteroatoms. The molecule has 0 radical (unpaired) electrons. The lowest BCUT2D eigenvalue weighted by atomic mass is 10.1.